The molecule has 0 bridgehead atoms. The fraction of sp³-hybridized carbons (Fsp3) is 1.00. The van der Waals surface area contributed by atoms with Gasteiger partial charge in [0.1, 0.15) is 0 Å². The first-order valence-corrected chi connectivity index (χ1v) is 8.57. The summed E-state index contributed by atoms with van der Waals surface area (Å²) in [6.45, 7) is 12.1. The molecule has 0 spiro atoms. The standard InChI is InChI=1S/C17H34N2/c1-13-10-14(2)16(4)19(12-13)15(3)11-18-17-8-6-5-7-9-17/h13-18H,5-12H2,1-4H3. The van der Waals surface area contributed by atoms with Gasteiger partial charge in [0, 0.05) is 31.2 Å². The van der Waals surface area contributed by atoms with Crippen molar-refractivity contribution in [3.05, 3.63) is 0 Å². The SMILES string of the molecule is CC1CC(C)C(C)N(C(C)CNC2CCCCC2)C1. The summed E-state index contributed by atoms with van der Waals surface area (Å²) < 4.78 is 0. The van der Waals surface area contributed by atoms with Crippen molar-refractivity contribution in [1.29, 1.82) is 0 Å². The van der Waals surface area contributed by atoms with Crippen LogP contribution in [0.2, 0.25) is 0 Å². The third-order valence-corrected chi connectivity index (χ3v) is 5.52. The number of nitrogens with zero attached hydrogens (tertiary/aromatic N) is 1. The molecule has 0 aromatic heterocycles. The van der Waals surface area contributed by atoms with E-state index in [1.807, 2.05) is 0 Å². The third-order valence-electron chi connectivity index (χ3n) is 5.52. The van der Waals surface area contributed by atoms with Gasteiger partial charge in [-0.3, -0.25) is 4.90 Å². The third kappa shape index (κ3) is 4.19. The minimum absolute atomic E-state index is 0.683. The number of piperidine rings is 1. The Kier molecular flexibility index (Phi) is 5.70. The summed E-state index contributed by atoms with van der Waals surface area (Å²) >= 11 is 0. The van der Waals surface area contributed by atoms with Crippen LogP contribution in [0.3, 0.4) is 0 Å². The minimum Gasteiger partial charge on any atom is -0.312 e. The topological polar surface area (TPSA) is 15.3 Å². The van der Waals surface area contributed by atoms with Gasteiger partial charge in [0.15, 0.2) is 0 Å². The second kappa shape index (κ2) is 7.08. The fourth-order valence-electron chi connectivity index (χ4n) is 4.10. The molecule has 4 unspecified atom stereocenters. The summed E-state index contributed by atoms with van der Waals surface area (Å²) in [6, 6.07) is 2.23. The molecule has 1 aliphatic heterocycles. The first-order chi connectivity index (χ1) is 9.08. The van der Waals surface area contributed by atoms with Crippen LogP contribution in [-0.4, -0.2) is 36.1 Å². The van der Waals surface area contributed by atoms with E-state index in [-0.39, 0.29) is 0 Å². The van der Waals surface area contributed by atoms with Crippen molar-refractivity contribution in [2.75, 3.05) is 13.1 Å². The van der Waals surface area contributed by atoms with E-state index in [0.29, 0.717) is 6.04 Å². The molecule has 2 nitrogen and oxygen atoms in total. The molecule has 0 amide bonds. The lowest BCUT2D eigenvalue weighted by Crippen LogP contribution is -2.53. The first kappa shape index (κ1) is 15.3. The molecule has 19 heavy (non-hydrogen) atoms. The number of rotatable bonds is 4. The molecule has 112 valence electrons. The lowest BCUT2D eigenvalue weighted by Gasteiger charge is -2.44. The highest BCUT2D eigenvalue weighted by Gasteiger charge is 2.31. The van der Waals surface area contributed by atoms with E-state index in [0.717, 1.165) is 23.9 Å². The van der Waals surface area contributed by atoms with Gasteiger partial charge in [-0.05, 0) is 44.9 Å². The molecule has 2 heteroatoms. The lowest BCUT2D eigenvalue weighted by molar-refractivity contribution is 0.0451. The number of hydrogen-bond acceptors (Lipinski definition) is 2. The van der Waals surface area contributed by atoms with Gasteiger partial charge in [0.2, 0.25) is 0 Å². The average Bonchev–Trinajstić information content (AvgIpc) is 2.41. The smallest absolute Gasteiger partial charge is 0.0195 e. The van der Waals surface area contributed by atoms with Crippen LogP contribution in [0, 0.1) is 11.8 Å². The van der Waals surface area contributed by atoms with Gasteiger partial charge < -0.3 is 5.32 Å². The summed E-state index contributed by atoms with van der Waals surface area (Å²) in [7, 11) is 0. The zero-order chi connectivity index (χ0) is 13.8. The van der Waals surface area contributed by atoms with E-state index < -0.39 is 0 Å². The summed E-state index contributed by atoms with van der Waals surface area (Å²) in [6.07, 6.45) is 8.51. The van der Waals surface area contributed by atoms with E-state index in [9.17, 15) is 0 Å². The second-order valence-electron chi connectivity index (χ2n) is 7.35. The zero-order valence-electron chi connectivity index (χ0n) is 13.5. The van der Waals surface area contributed by atoms with E-state index in [4.69, 9.17) is 0 Å². The summed E-state index contributed by atoms with van der Waals surface area (Å²) in [4.78, 5) is 2.74. The Morgan fingerprint density at radius 2 is 1.79 bits per heavy atom. The Balaban J connectivity index is 1.79. The molecule has 4 atom stereocenters. The van der Waals surface area contributed by atoms with Gasteiger partial charge in [-0.15, -0.1) is 0 Å². The van der Waals surface area contributed by atoms with Crippen LogP contribution in [0.15, 0.2) is 0 Å². The molecule has 0 aromatic carbocycles. The quantitative estimate of drug-likeness (QED) is 0.835. The van der Waals surface area contributed by atoms with E-state index in [1.54, 1.807) is 0 Å². The normalized spacial score (nSPS) is 36.3. The Morgan fingerprint density at radius 1 is 1.11 bits per heavy atom. The predicted octanol–water partition coefficient (Wildman–Crippen LogP) is 3.66. The fourth-order valence-corrected chi connectivity index (χ4v) is 4.10. The lowest BCUT2D eigenvalue weighted by atomic mass is 9.85. The second-order valence-corrected chi connectivity index (χ2v) is 7.35. The predicted molar refractivity (Wildman–Crippen MR) is 83.5 cm³/mol. The molecule has 1 aliphatic carbocycles. The summed E-state index contributed by atoms with van der Waals surface area (Å²) in [5.41, 5.74) is 0. The van der Waals surface area contributed by atoms with Crippen LogP contribution in [0.25, 0.3) is 0 Å². The molecule has 2 rings (SSSR count). The van der Waals surface area contributed by atoms with Crippen molar-refractivity contribution in [1.82, 2.24) is 10.2 Å². The Bertz CT molecular complexity index is 260. The van der Waals surface area contributed by atoms with E-state index in [1.165, 1.54) is 51.6 Å². The van der Waals surface area contributed by atoms with Gasteiger partial charge in [-0.25, -0.2) is 0 Å². The average molecular weight is 266 g/mol. The van der Waals surface area contributed by atoms with Gasteiger partial charge in [0.05, 0.1) is 0 Å². The molecule has 1 saturated carbocycles. The molecule has 2 aliphatic rings. The molecular weight excluding hydrogens is 232 g/mol. The highest BCUT2D eigenvalue weighted by molar-refractivity contribution is 4.86. The van der Waals surface area contributed by atoms with Gasteiger partial charge in [-0.1, -0.05) is 33.1 Å². The van der Waals surface area contributed by atoms with Crippen LogP contribution in [0.4, 0.5) is 0 Å². The van der Waals surface area contributed by atoms with Crippen LogP contribution >= 0.6 is 0 Å². The maximum absolute atomic E-state index is 3.83. The number of hydrogen-bond donors (Lipinski definition) is 1. The summed E-state index contributed by atoms with van der Waals surface area (Å²) in [5.74, 6) is 1.71. The van der Waals surface area contributed by atoms with Gasteiger partial charge in [0.25, 0.3) is 0 Å². The highest BCUT2D eigenvalue weighted by atomic mass is 15.2. The largest absolute Gasteiger partial charge is 0.312 e. The molecule has 1 N–H and O–H groups in total. The van der Waals surface area contributed by atoms with Crippen molar-refractivity contribution >= 4 is 0 Å². The monoisotopic (exact) mass is 266 g/mol. The molecule has 1 heterocycles. The maximum Gasteiger partial charge on any atom is 0.0195 e. The van der Waals surface area contributed by atoms with Gasteiger partial charge >= 0.3 is 0 Å². The Morgan fingerprint density at radius 3 is 2.47 bits per heavy atom. The van der Waals surface area contributed by atoms with Gasteiger partial charge in [-0.2, -0.15) is 0 Å². The van der Waals surface area contributed by atoms with E-state index >= 15 is 0 Å². The van der Waals surface area contributed by atoms with E-state index in [2.05, 4.69) is 37.9 Å². The van der Waals surface area contributed by atoms with Crippen LogP contribution in [0.5, 0.6) is 0 Å². The number of nitrogens with one attached hydrogen (secondary N) is 1. The molecule has 0 aromatic rings. The highest BCUT2D eigenvalue weighted by Crippen LogP contribution is 2.28. The first-order valence-electron chi connectivity index (χ1n) is 8.57. The minimum atomic E-state index is 0.683. The van der Waals surface area contributed by atoms with Crippen molar-refractivity contribution in [3.63, 3.8) is 0 Å². The molecule has 1 saturated heterocycles. The van der Waals surface area contributed by atoms with Crippen LogP contribution in [0.1, 0.15) is 66.2 Å². The number of likely N-dealkylation sites (tertiary alicyclic amines) is 1. The molecular formula is C17H34N2. The zero-order valence-corrected chi connectivity index (χ0v) is 13.5. The van der Waals surface area contributed by atoms with Crippen molar-refractivity contribution in [2.24, 2.45) is 11.8 Å². The summed E-state index contributed by atoms with van der Waals surface area (Å²) in [5, 5.41) is 3.83. The van der Waals surface area contributed by atoms with Crippen molar-refractivity contribution in [3.8, 4) is 0 Å². The Hall–Kier alpha value is -0.0800. The molecule has 0 radical (unpaired) electrons. The molecule has 2 fully saturated rings. The van der Waals surface area contributed by atoms with Crippen molar-refractivity contribution in [2.45, 2.75) is 84.3 Å². The van der Waals surface area contributed by atoms with Crippen LogP contribution in [-0.2, 0) is 0 Å². The Labute approximate surface area is 120 Å². The van der Waals surface area contributed by atoms with Crippen molar-refractivity contribution < 1.29 is 0 Å². The maximum atomic E-state index is 3.83. The van der Waals surface area contributed by atoms with Crippen LogP contribution < -0.4 is 5.32 Å².